The first-order chi connectivity index (χ1) is 12.9. The van der Waals surface area contributed by atoms with E-state index in [1.54, 1.807) is 6.08 Å². The highest BCUT2D eigenvalue weighted by Gasteiger charge is 2.11. The van der Waals surface area contributed by atoms with E-state index in [4.69, 9.17) is 11.6 Å². The molecule has 0 atom stereocenters. The zero-order valence-electron chi connectivity index (χ0n) is 15.5. The molecule has 0 aliphatic carbocycles. The summed E-state index contributed by atoms with van der Waals surface area (Å²) in [5, 5.41) is 4.11. The molecule has 1 aromatic heterocycles. The summed E-state index contributed by atoms with van der Waals surface area (Å²) in [6, 6.07) is 15.7. The molecule has 138 valence electrons. The summed E-state index contributed by atoms with van der Waals surface area (Å²) in [7, 11) is 0. The van der Waals surface area contributed by atoms with Crippen LogP contribution < -0.4 is 5.32 Å². The van der Waals surface area contributed by atoms with E-state index in [9.17, 15) is 4.79 Å². The largest absolute Gasteiger partial charge is 0.298 e. The number of halogens is 1. The summed E-state index contributed by atoms with van der Waals surface area (Å²) < 4.78 is 0. The molecule has 3 rings (SSSR count). The third kappa shape index (κ3) is 5.06. The predicted molar refractivity (Wildman–Crippen MR) is 115 cm³/mol. The molecule has 3 nitrogen and oxygen atoms in total. The van der Waals surface area contributed by atoms with E-state index < -0.39 is 0 Å². The van der Waals surface area contributed by atoms with Gasteiger partial charge >= 0.3 is 0 Å². The van der Waals surface area contributed by atoms with Crippen LogP contribution in [0.25, 0.3) is 17.3 Å². The average molecular weight is 397 g/mol. The molecule has 0 bridgehead atoms. The molecule has 2 aromatic carbocycles. The summed E-state index contributed by atoms with van der Waals surface area (Å²) in [5.41, 5.74) is 4.12. The maximum atomic E-state index is 12.2. The molecule has 1 N–H and O–H groups in total. The fourth-order valence-electron chi connectivity index (χ4n) is 2.64. The minimum atomic E-state index is -0.195. The van der Waals surface area contributed by atoms with Crippen LogP contribution in [0.3, 0.4) is 0 Å². The molecular weight excluding hydrogens is 376 g/mol. The van der Waals surface area contributed by atoms with Gasteiger partial charge in [-0.25, -0.2) is 4.98 Å². The lowest BCUT2D eigenvalue weighted by atomic mass is 10.0. The van der Waals surface area contributed by atoms with Crippen LogP contribution in [0, 0.1) is 6.92 Å². The number of thiazole rings is 1. The molecule has 0 unspecified atom stereocenters. The lowest BCUT2D eigenvalue weighted by Gasteiger charge is -2.04. The van der Waals surface area contributed by atoms with Gasteiger partial charge in [-0.3, -0.25) is 10.1 Å². The summed E-state index contributed by atoms with van der Waals surface area (Å²) in [6.45, 7) is 6.31. The van der Waals surface area contributed by atoms with Crippen molar-refractivity contribution in [3.05, 3.63) is 75.6 Å². The highest BCUT2D eigenvalue weighted by Crippen LogP contribution is 2.31. The smallest absolute Gasteiger partial charge is 0.250 e. The Balaban J connectivity index is 1.67. The number of rotatable bonds is 5. The Kier molecular flexibility index (Phi) is 6.09. The first-order valence-corrected chi connectivity index (χ1v) is 9.94. The Labute approximate surface area is 168 Å². The zero-order chi connectivity index (χ0) is 19.4. The van der Waals surface area contributed by atoms with Crippen LogP contribution in [-0.4, -0.2) is 10.9 Å². The number of anilines is 1. The van der Waals surface area contributed by atoms with E-state index in [0.717, 1.165) is 21.7 Å². The van der Waals surface area contributed by atoms with Crippen LogP contribution in [0.15, 0.2) is 54.6 Å². The molecule has 3 aromatic rings. The average Bonchev–Trinajstić information content (AvgIpc) is 3.01. The molecule has 0 saturated carbocycles. The van der Waals surface area contributed by atoms with Crippen molar-refractivity contribution >= 4 is 40.1 Å². The van der Waals surface area contributed by atoms with E-state index in [0.29, 0.717) is 16.1 Å². The van der Waals surface area contributed by atoms with Crippen LogP contribution in [-0.2, 0) is 4.79 Å². The Morgan fingerprint density at radius 3 is 2.41 bits per heavy atom. The molecule has 0 aliphatic heterocycles. The minimum Gasteiger partial charge on any atom is -0.298 e. The molecule has 0 saturated heterocycles. The van der Waals surface area contributed by atoms with Gasteiger partial charge < -0.3 is 0 Å². The molecule has 0 fully saturated rings. The van der Waals surface area contributed by atoms with Gasteiger partial charge in [-0.05, 0) is 42.2 Å². The van der Waals surface area contributed by atoms with Crippen molar-refractivity contribution in [1.82, 2.24) is 4.98 Å². The van der Waals surface area contributed by atoms with Crippen LogP contribution in [0.1, 0.15) is 35.8 Å². The van der Waals surface area contributed by atoms with Crippen LogP contribution in [0.2, 0.25) is 5.02 Å². The van der Waals surface area contributed by atoms with Gasteiger partial charge in [0.25, 0.3) is 0 Å². The summed E-state index contributed by atoms with van der Waals surface area (Å²) in [6.07, 6.45) is 3.34. The SMILES string of the molecule is Cc1sc(NC(=O)C=Cc2ccc(C(C)C)cc2)nc1-c1ccc(Cl)cc1. The second-order valence-electron chi connectivity index (χ2n) is 6.57. The number of hydrogen-bond acceptors (Lipinski definition) is 3. The normalized spacial score (nSPS) is 11.3. The Morgan fingerprint density at radius 2 is 1.78 bits per heavy atom. The van der Waals surface area contributed by atoms with Crippen LogP contribution in [0.4, 0.5) is 5.13 Å². The molecular formula is C22H21ClN2OS. The zero-order valence-corrected chi connectivity index (χ0v) is 17.1. The Morgan fingerprint density at radius 1 is 1.11 bits per heavy atom. The molecule has 1 amide bonds. The fourth-order valence-corrected chi connectivity index (χ4v) is 3.60. The maximum absolute atomic E-state index is 12.2. The Hall–Kier alpha value is -2.43. The number of nitrogens with zero attached hydrogens (tertiary/aromatic N) is 1. The van der Waals surface area contributed by atoms with Crippen molar-refractivity contribution in [2.45, 2.75) is 26.7 Å². The number of carbonyl (C=O) groups is 1. The van der Waals surface area contributed by atoms with E-state index >= 15 is 0 Å². The van der Waals surface area contributed by atoms with Gasteiger partial charge in [0.2, 0.25) is 5.91 Å². The monoisotopic (exact) mass is 396 g/mol. The number of aromatic nitrogens is 1. The lowest BCUT2D eigenvalue weighted by molar-refractivity contribution is -0.111. The van der Waals surface area contributed by atoms with Crippen molar-refractivity contribution in [3.8, 4) is 11.3 Å². The minimum absolute atomic E-state index is 0.195. The number of carbonyl (C=O) groups excluding carboxylic acids is 1. The van der Waals surface area contributed by atoms with Crippen molar-refractivity contribution in [2.24, 2.45) is 0 Å². The third-order valence-electron chi connectivity index (χ3n) is 4.17. The van der Waals surface area contributed by atoms with Gasteiger partial charge in [0.15, 0.2) is 5.13 Å². The van der Waals surface area contributed by atoms with Crippen LogP contribution in [0.5, 0.6) is 0 Å². The highest BCUT2D eigenvalue weighted by molar-refractivity contribution is 7.16. The van der Waals surface area contributed by atoms with Crippen LogP contribution >= 0.6 is 22.9 Å². The molecule has 1 heterocycles. The van der Waals surface area contributed by atoms with Gasteiger partial charge in [-0.15, -0.1) is 11.3 Å². The maximum Gasteiger partial charge on any atom is 0.250 e. The van der Waals surface area contributed by atoms with Crippen molar-refractivity contribution in [1.29, 1.82) is 0 Å². The van der Waals surface area contributed by atoms with Gasteiger partial charge in [-0.1, -0.05) is 61.8 Å². The van der Waals surface area contributed by atoms with Gasteiger partial charge in [0.1, 0.15) is 0 Å². The second-order valence-corrected chi connectivity index (χ2v) is 8.21. The molecule has 5 heteroatoms. The summed E-state index contributed by atoms with van der Waals surface area (Å²) >= 11 is 7.40. The first-order valence-electron chi connectivity index (χ1n) is 8.75. The topological polar surface area (TPSA) is 42.0 Å². The summed E-state index contributed by atoms with van der Waals surface area (Å²) in [5.74, 6) is 0.300. The number of hydrogen-bond donors (Lipinski definition) is 1. The number of amides is 1. The second kappa shape index (κ2) is 8.51. The van der Waals surface area contributed by atoms with E-state index in [-0.39, 0.29) is 5.91 Å². The standard InChI is InChI=1S/C22H21ClN2OS/c1-14(2)17-7-4-16(5-8-17)6-13-20(26)24-22-25-21(15(3)27-22)18-9-11-19(23)12-10-18/h4-14H,1-3H3,(H,24,25,26). The molecule has 27 heavy (non-hydrogen) atoms. The van der Waals surface area contributed by atoms with E-state index in [1.165, 1.54) is 23.0 Å². The van der Waals surface area contributed by atoms with Crippen molar-refractivity contribution < 1.29 is 4.79 Å². The van der Waals surface area contributed by atoms with Gasteiger partial charge in [0.05, 0.1) is 5.69 Å². The molecule has 0 aliphatic rings. The summed E-state index contributed by atoms with van der Waals surface area (Å²) in [4.78, 5) is 17.8. The molecule has 0 spiro atoms. The quantitative estimate of drug-likeness (QED) is 0.497. The van der Waals surface area contributed by atoms with Gasteiger partial charge in [-0.2, -0.15) is 0 Å². The van der Waals surface area contributed by atoms with Gasteiger partial charge in [0, 0.05) is 21.5 Å². The van der Waals surface area contributed by atoms with Crippen molar-refractivity contribution in [2.75, 3.05) is 5.32 Å². The van der Waals surface area contributed by atoms with Crippen molar-refractivity contribution in [3.63, 3.8) is 0 Å². The highest BCUT2D eigenvalue weighted by atomic mass is 35.5. The van der Waals surface area contributed by atoms with E-state index in [2.05, 4.69) is 36.3 Å². The van der Waals surface area contributed by atoms with E-state index in [1.807, 2.05) is 43.3 Å². The fraction of sp³-hybridized carbons (Fsp3) is 0.182. The third-order valence-corrected chi connectivity index (χ3v) is 5.31. The first kappa shape index (κ1) is 19.3. The number of nitrogens with one attached hydrogen (secondary N) is 1. The number of aryl methyl sites for hydroxylation is 1. The Bertz CT molecular complexity index is 957. The number of benzene rings is 2. The predicted octanol–water partition coefficient (Wildman–Crippen LogP) is 6.55. The lowest BCUT2D eigenvalue weighted by Crippen LogP contribution is -2.07. The molecule has 0 radical (unpaired) electrons.